The molecule has 3 rings (SSSR count). The minimum atomic E-state index is -0.645. The molecule has 0 spiro atoms. The molecule has 122 valence electrons. The Bertz CT molecular complexity index is 757. The second-order valence-corrected chi connectivity index (χ2v) is 6.25. The first-order valence-corrected chi connectivity index (χ1v) is 8.16. The van der Waals surface area contributed by atoms with Crippen molar-refractivity contribution >= 4 is 29.4 Å². The molecule has 0 radical (unpaired) electrons. The zero-order chi connectivity index (χ0) is 16.9. The van der Waals surface area contributed by atoms with Crippen LogP contribution in [-0.4, -0.2) is 23.2 Å². The maximum absolute atomic E-state index is 12.5. The first-order valence-electron chi connectivity index (χ1n) is 7.78. The number of hydrogen-bond acceptors (Lipinski definition) is 3. The van der Waals surface area contributed by atoms with Crippen LogP contribution in [0.1, 0.15) is 11.3 Å². The third kappa shape index (κ3) is 3.89. The van der Waals surface area contributed by atoms with Crippen LogP contribution in [0.25, 0.3) is 6.08 Å². The van der Waals surface area contributed by atoms with Crippen molar-refractivity contribution in [1.82, 2.24) is 10.3 Å². The number of nitrogens with zero attached hydrogens (tertiary/aromatic N) is 1. The number of benzene rings is 1. The number of allylic oxidation sites excluding steroid dienone is 1. The third-order valence-corrected chi connectivity index (χ3v) is 4.33. The van der Waals surface area contributed by atoms with Crippen molar-refractivity contribution in [2.45, 2.75) is 6.42 Å². The van der Waals surface area contributed by atoms with Gasteiger partial charge in [-0.25, -0.2) is 0 Å². The number of pyridine rings is 1. The van der Waals surface area contributed by atoms with E-state index in [0.717, 1.165) is 5.56 Å². The quantitative estimate of drug-likeness (QED) is 0.672. The number of amides is 1. The molecule has 4 nitrogen and oxygen atoms in total. The summed E-state index contributed by atoms with van der Waals surface area (Å²) in [5.74, 6) is -1.07. The summed E-state index contributed by atoms with van der Waals surface area (Å²) in [7, 11) is 0. The van der Waals surface area contributed by atoms with E-state index in [1.165, 1.54) is 12.3 Å². The van der Waals surface area contributed by atoms with Crippen molar-refractivity contribution in [3.8, 4) is 0 Å². The molecule has 1 N–H and O–H groups in total. The normalized spacial score (nSPS) is 20.3. The molecule has 2 aromatic rings. The summed E-state index contributed by atoms with van der Waals surface area (Å²) >= 11 is 5.79. The number of aromatic nitrogens is 1. The van der Waals surface area contributed by atoms with Crippen LogP contribution >= 0.6 is 11.6 Å². The predicted molar refractivity (Wildman–Crippen MR) is 93.4 cm³/mol. The highest BCUT2D eigenvalue weighted by Gasteiger charge is 2.38. The molecule has 1 amide bonds. The predicted octanol–water partition coefficient (Wildman–Crippen LogP) is 2.92. The lowest BCUT2D eigenvalue weighted by molar-refractivity contribution is -0.130. The molecule has 0 unspecified atom stereocenters. The number of carbonyl (C=O) groups is 2. The third-order valence-electron chi connectivity index (χ3n) is 4.11. The Morgan fingerprint density at radius 1 is 1.25 bits per heavy atom. The average Bonchev–Trinajstić information content (AvgIpc) is 2.95. The van der Waals surface area contributed by atoms with E-state index < -0.39 is 5.92 Å². The van der Waals surface area contributed by atoms with Crippen LogP contribution < -0.4 is 5.32 Å². The molecule has 5 heteroatoms. The molecular weight excluding hydrogens is 324 g/mol. The number of carbonyl (C=O) groups excluding carboxylic acids is 2. The first kappa shape index (κ1) is 16.4. The number of ketones is 1. The molecule has 1 fully saturated rings. The highest BCUT2D eigenvalue weighted by Crippen LogP contribution is 2.24. The van der Waals surface area contributed by atoms with Gasteiger partial charge in [-0.3, -0.25) is 14.6 Å². The van der Waals surface area contributed by atoms with E-state index in [9.17, 15) is 9.59 Å². The lowest BCUT2D eigenvalue weighted by Crippen LogP contribution is -2.27. The van der Waals surface area contributed by atoms with Gasteiger partial charge in [-0.2, -0.15) is 0 Å². The van der Waals surface area contributed by atoms with E-state index >= 15 is 0 Å². The molecule has 2 heterocycles. The zero-order valence-electron chi connectivity index (χ0n) is 13.0. The van der Waals surface area contributed by atoms with Crippen LogP contribution in [0, 0.1) is 11.8 Å². The minimum absolute atomic E-state index is 0.0322. The topological polar surface area (TPSA) is 59.1 Å². The van der Waals surface area contributed by atoms with Crippen molar-refractivity contribution < 1.29 is 9.59 Å². The lowest BCUT2D eigenvalue weighted by atomic mass is 9.86. The van der Waals surface area contributed by atoms with Gasteiger partial charge >= 0.3 is 0 Å². The molecule has 0 bridgehead atoms. The van der Waals surface area contributed by atoms with Crippen LogP contribution in [0.15, 0.2) is 54.7 Å². The summed E-state index contributed by atoms with van der Waals surface area (Å²) in [5, 5.41) is 3.34. The fourth-order valence-corrected chi connectivity index (χ4v) is 3.01. The van der Waals surface area contributed by atoms with Gasteiger partial charge in [0.2, 0.25) is 5.91 Å². The Kier molecular flexibility index (Phi) is 5.06. The fraction of sp³-hybridized carbons (Fsp3) is 0.211. The van der Waals surface area contributed by atoms with Gasteiger partial charge in [0.1, 0.15) is 5.92 Å². The van der Waals surface area contributed by atoms with Gasteiger partial charge < -0.3 is 5.32 Å². The first-order chi connectivity index (χ1) is 11.6. The largest absolute Gasteiger partial charge is 0.355 e. The number of nitrogens with one attached hydrogen (secondary N) is 1. The second-order valence-electron chi connectivity index (χ2n) is 5.81. The summed E-state index contributed by atoms with van der Waals surface area (Å²) in [6, 6.07) is 13.3. The zero-order valence-corrected chi connectivity index (χ0v) is 13.7. The molecule has 1 aliphatic rings. The van der Waals surface area contributed by atoms with Crippen LogP contribution in [0.5, 0.6) is 0 Å². The van der Waals surface area contributed by atoms with Crippen molar-refractivity contribution in [1.29, 1.82) is 0 Å². The standard InChI is InChI=1S/C19H17ClN2O2/c20-15-6-7-16(21-12-15)8-9-17(23)18-14(11-22-19(18)24)10-13-4-2-1-3-5-13/h1-9,12,14,18H,10-11H2,(H,22,24)/b9-8+/t14-,18+/m1/s1. The van der Waals surface area contributed by atoms with Gasteiger partial charge in [-0.1, -0.05) is 41.9 Å². The summed E-state index contributed by atoms with van der Waals surface area (Å²) in [6.45, 7) is 0.525. The summed E-state index contributed by atoms with van der Waals surface area (Å²) in [5.41, 5.74) is 1.76. The van der Waals surface area contributed by atoms with E-state index in [4.69, 9.17) is 11.6 Å². The molecule has 1 saturated heterocycles. The lowest BCUT2D eigenvalue weighted by Gasteiger charge is -2.14. The van der Waals surface area contributed by atoms with Gasteiger partial charge in [0.15, 0.2) is 5.78 Å². The SMILES string of the molecule is O=C(/C=C/c1ccc(Cl)cn1)[C@H]1C(=O)NC[C@H]1Cc1ccccc1. The van der Waals surface area contributed by atoms with Crippen molar-refractivity contribution in [3.63, 3.8) is 0 Å². The van der Waals surface area contributed by atoms with Crippen molar-refractivity contribution in [2.75, 3.05) is 6.54 Å². The van der Waals surface area contributed by atoms with Gasteiger partial charge in [0, 0.05) is 12.7 Å². The monoisotopic (exact) mass is 340 g/mol. The molecule has 0 saturated carbocycles. The van der Waals surface area contributed by atoms with Crippen LogP contribution in [0.2, 0.25) is 5.02 Å². The van der Waals surface area contributed by atoms with Crippen LogP contribution in [0.4, 0.5) is 0 Å². The highest BCUT2D eigenvalue weighted by atomic mass is 35.5. The Balaban J connectivity index is 1.71. The Labute approximate surface area is 145 Å². The maximum Gasteiger partial charge on any atom is 0.231 e. The van der Waals surface area contributed by atoms with E-state index in [0.29, 0.717) is 23.7 Å². The van der Waals surface area contributed by atoms with Crippen molar-refractivity contribution in [2.24, 2.45) is 11.8 Å². The molecule has 24 heavy (non-hydrogen) atoms. The maximum atomic E-state index is 12.5. The van der Waals surface area contributed by atoms with Crippen molar-refractivity contribution in [3.05, 3.63) is 71.0 Å². The van der Waals surface area contributed by atoms with E-state index in [1.807, 2.05) is 30.3 Å². The Morgan fingerprint density at radius 3 is 2.75 bits per heavy atom. The summed E-state index contributed by atoms with van der Waals surface area (Å²) in [4.78, 5) is 28.7. The molecule has 1 aliphatic heterocycles. The smallest absolute Gasteiger partial charge is 0.231 e. The van der Waals surface area contributed by atoms with E-state index in [2.05, 4.69) is 10.3 Å². The molecule has 2 atom stereocenters. The number of halogens is 1. The average molecular weight is 341 g/mol. The Morgan fingerprint density at radius 2 is 2.04 bits per heavy atom. The second kappa shape index (κ2) is 7.41. The summed E-state index contributed by atoms with van der Waals surface area (Å²) in [6.07, 6.45) is 5.27. The minimum Gasteiger partial charge on any atom is -0.355 e. The summed E-state index contributed by atoms with van der Waals surface area (Å²) < 4.78 is 0. The van der Waals surface area contributed by atoms with E-state index in [1.54, 1.807) is 18.2 Å². The molecule has 1 aromatic heterocycles. The fourth-order valence-electron chi connectivity index (χ4n) is 2.90. The Hall–Kier alpha value is -2.46. The van der Waals surface area contributed by atoms with E-state index in [-0.39, 0.29) is 17.6 Å². The molecular formula is C19H17ClN2O2. The number of hydrogen-bond donors (Lipinski definition) is 1. The molecule has 1 aromatic carbocycles. The number of rotatable bonds is 5. The van der Waals surface area contributed by atoms with Crippen LogP contribution in [0.3, 0.4) is 0 Å². The molecule has 0 aliphatic carbocycles. The van der Waals surface area contributed by atoms with Gasteiger partial charge in [0.25, 0.3) is 0 Å². The van der Waals surface area contributed by atoms with Gasteiger partial charge in [0.05, 0.1) is 10.7 Å². The van der Waals surface area contributed by atoms with Crippen LogP contribution in [-0.2, 0) is 16.0 Å². The van der Waals surface area contributed by atoms with Gasteiger partial charge in [-0.15, -0.1) is 0 Å². The van der Waals surface area contributed by atoms with Gasteiger partial charge in [-0.05, 0) is 42.2 Å². The highest BCUT2D eigenvalue weighted by molar-refractivity contribution is 6.30.